The summed E-state index contributed by atoms with van der Waals surface area (Å²) in [7, 11) is 0. The van der Waals surface area contributed by atoms with Crippen LogP contribution in [-0.2, 0) is 6.54 Å². The van der Waals surface area contributed by atoms with E-state index in [0.29, 0.717) is 17.7 Å². The Morgan fingerprint density at radius 3 is 2.90 bits per heavy atom. The number of aldehydes is 1. The maximum atomic E-state index is 10.2. The van der Waals surface area contributed by atoms with Gasteiger partial charge < -0.3 is 5.73 Å². The molecule has 0 radical (unpaired) electrons. The fourth-order valence-corrected chi connectivity index (χ4v) is 0.705. The average molecular weight is 139 g/mol. The van der Waals surface area contributed by atoms with Crippen LogP contribution in [0.2, 0.25) is 0 Å². The highest BCUT2D eigenvalue weighted by atomic mass is 16.1. The van der Waals surface area contributed by atoms with Crippen molar-refractivity contribution in [3.63, 3.8) is 0 Å². The number of rotatable bonds is 2. The van der Waals surface area contributed by atoms with Crippen molar-refractivity contribution >= 4 is 12.0 Å². The van der Waals surface area contributed by atoms with Crippen LogP contribution < -0.4 is 5.73 Å². The van der Waals surface area contributed by atoms with Crippen molar-refractivity contribution in [2.45, 2.75) is 13.5 Å². The fourth-order valence-electron chi connectivity index (χ4n) is 0.705. The van der Waals surface area contributed by atoms with Crippen molar-refractivity contribution in [3.8, 4) is 0 Å². The van der Waals surface area contributed by atoms with Crippen LogP contribution in [0.25, 0.3) is 0 Å². The molecule has 4 heteroatoms. The summed E-state index contributed by atoms with van der Waals surface area (Å²) < 4.78 is 1.62. The monoisotopic (exact) mass is 139 g/mol. The first-order valence-corrected chi connectivity index (χ1v) is 3.06. The largest absolute Gasteiger partial charge is 0.396 e. The average Bonchev–Trinajstić information content (AvgIpc) is 2.30. The first-order chi connectivity index (χ1) is 4.77. The Morgan fingerprint density at radius 2 is 2.60 bits per heavy atom. The van der Waals surface area contributed by atoms with E-state index < -0.39 is 0 Å². The summed E-state index contributed by atoms with van der Waals surface area (Å²) in [6.45, 7) is 2.67. The van der Waals surface area contributed by atoms with Gasteiger partial charge in [-0.25, -0.2) is 0 Å². The van der Waals surface area contributed by atoms with Gasteiger partial charge in [0, 0.05) is 12.7 Å². The van der Waals surface area contributed by atoms with Crippen molar-refractivity contribution in [1.29, 1.82) is 0 Å². The summed E-state index contributed by atoms with van der Waals surface area (Å²) in [6, 6.07) is 0. The minimum atomic E-state index is 0.321. The molecule has 1 heterocycles. The van der Waals surface area contributed by atoms with Gasteiger partial charge in [0.25, 0.3) is 0 Å². The minimum Gasteiger partial charge on any atom is -0.396 e. The van der Waals surface area contributed by atoms with Crippen molar-refractivity contribution in [2.75, 3.05) is 5.73 Å². The van der Waals surface area contributed by atoms with Gasteiger partial charge in [0.05, 0.1) is 5.69 Å². The highest BCUT2D eigenvalue weighted by Crippen LogP contribution is 2.04. The standard InChI is InChI=1S/C6H9N3O/c1-2-9-3-5(7)6(4-10)8-9/h3-4H,2,7H2,1H3. The van der Waals surface area contributed by atoms with Crippen LogP contribution in [0.4, 0.5) is 5.69 Å². The zero-order chi connectivity index (χ0) is 7.56. The smallest absolute Gasteiger partial charge is 0.172 e. The lowest BCUT2D eigenvalue weighted by Crippen LogP contribution is -1.94. The van der Waals surface area contributed by atoms with E-state index in [-0.39, 0.29) is 0 Å². The zero-order valence-electron chi connectivity index (χ0n) is 5.74. The van der Waals surface area contributed by atoms with Gasteiger partial charge in [0.15, 0.2) is 6.29 Å². The third-order valence-corrected chi connectivity index (χ3v) is 1.26. The Morgan fingerprint density at radius 1 is 1.90 bits per heavy atom. The predicted octanol–water partition coefficient (Wildman–Crippen LogP) is 0.298. The number of aryl methyl sites for hydroxylation is 1. The molecule has 54 valence electrons. The number of nitrogens with two attached hydrogens (primary N) is 1. The molecular weight excluding hydrogens is 130 g/mol. The Balaban J connectivity index is 3.03. The molecule has 4 nitrogen and oxygen atoms in total. The number of hydrogen-bond acceptors (Lipinski definition) is 3. The Kier molecular flexibility index (Phi) is 1.71. The van der Waals surface area contributed by atoms with Crippen LogP contribution in [0, 0.1) is 0 Å². The molecule has 0 bridgehead atoms. The second-order valence-electron chi connectivity index (χ2n) is 1.94. The zero-order valence-corrected chi connectivity index (χ0v) is 5.74. The molecule has 2 N–H and O–H groups in total. The second kappa shape index (κ2) is 2.51. The molecule has 0 fully saturated rings. The van der Waals surface area contributed by atoms with Crippen LogP contribution in [0.5, 0.6) is 0 Å². The quantitative estimate of drug-likeness (QED) is 0.599. The fraction of sp³-hybridized carbons (Fsp3) is 0.333. The minimum absolute atomic E-state index is 0.321. The lowest BCUT2D eigenvalue weighted by Gasteiger charge is -1.88. The third kappa shape index (κ3) is 1.00. The van der Waals surface area contributed by atoms with E-state index in [9.17, 15) is 4.79 Å². The molecule has 0 saturated heterocycles. The lowest BCUT2D eigenvalue weighted by atomic mass is 10.4. The molecule has 0 spiro atoms. The van der Waals surface area contributed by atoms with Gasteiger partial charge >= 0.3 is 0 Å². The van der Waals surface area contributed by atoms with E-state index in [4.69, 9.17) is 5.73 Å². The second-order valence-corrected chi connectivity index (χ2v) is 1.94. The van der Waals surface area contributed by atoms with Gasteiger partial charge in [-0.3, -0.25) is 9.48 Å². The maximum Gasteiger partial charge on any atom is 0.172 e. The molecule has 1 aromatic heterocycles. The number of aromatic nitrogens is 2. The Hall–Kier alpha value is -1.32. The van der Waals surface area contributed by atoms with Gasteiger partial charge in [-0.1, -0.05) is 0 Å². The van der Waals surface area contributed by atoms with Gasteiger partial charge in [0.1, 0.15) is 5.69 Å². The van der Waals surface area contributed by atoms with E-state index in [0.717, 1.165) is 6.54 Å². The molecule has 0 unspecified atom stereocenters. The molecule has 0 aliphatic carbocycles. The third-order valence-electron chi connectivity index (χ3n) is 1.26. The molecule has 0 aliphatic rings. The topological polar surface area (TPSA) is 60.9 Å². The number of carbonyl (C=O) groups is 1. The van der Waals surface area contributed by atoms with E-state index in [1.165, 1.54) is 0 Å². The normalized spacial score (nSPS) is 9.70. The van der Waals surface area contributed by atoms with Crippen LogP contribution >= 0.6 is 0 Å². The van der Waals surface area contributed by atoms with E-state index >= 15 is 0 Å². The predicted molar refractivity (Wildman–Crippen MR) is 37.7 cm³/mol. The number of nitrogens with zero attached hydrogens (tertiary/aromatic N) is 2. The van der Waals surface area contributed by atoms with Crippen LogP contribution in [0.15, 0.2) is 6.20 Å². The molecule has 0 amide bonds. The maximum absolute atomic E-state index is 10.2. The van der Waals surface area contributed by atoms with Gasteiger partial charge in [0.2, 0.25) is 0 Å². The Bertz CT molecular complexity index is 241. The highest BCUT2D eigenvalue weighted by molar-refractivity contribution is 5.79. The van der Waals surface area contributed by atoms with Gasteiger partial charge in [-0.15, -0.1) is 0 Å². The number of anilines is 1. The summed E-state index contributed by atoms with van der Waals surface area (Å²) >= 11 is 0. The molecular formula is C6H9N3O. The van der Waals surface area contributed by atoms with Crippen LogP contribution in [0.3, 0.4) is 0 Å². The van der Waals surface area contributed by atoms with E-state index in [1.54, 1.807) is 10.9 Å². The molecule has 1 rings (SSSR count). The first kappa shape index (κ1) is 6.80. The van der Waals surface area contributed by atoms with Crippen molar-refractivity contribution in [1.82, 2.24) is 9.78 Å². The number of carbonyl (C=O) groups excluding carboxylic acids is 1. The number of nitrogen functional groups attached to an aromatic ring is 1. The summed E-state index contributed by atoms with van der Waals surface area (Å²) in [5, 5.41) is 3.87. The molecule has 1 aromatic rings. The SMILES string of the molecule is CCn1cc(N)c(C=O)n1. The summed E-state index contributed by atoms with van der Waals surface area (Å²) in [5.74, 6) is 0. The van der Waals surface area contributed by atoms with Crippen molar-refractivity contribution < 1.29 is 4.79 Å². The summed E-state index contributed by atoms with van der Waals surface area (Å²) in [4.78, 5) is 10.2. The van der Waals surface area contributed by atoms with Crippen molar-refractivity contribution in [2.24, 2.45) is 0 Å². The van der Waals surface area contributed by atoms with Crippen LogP contribution in [0.1, 0.15) is 17.4 Å². The number of hydrogen-bond donors (Lipinski definition) is 1. The van der Waals surface area contributed by atoms with Gasteiger partial charge in [-0.05, 0) is 6.92 Å². The Labute approximate surface area is 58.6 Å². The summed E-state index contributed by atoms with van der Waals surface area (Å²) in [5.41, 5.74) is 6.18. The molecule has 0 atom stereocenters. The first-order valence-electron chi connectivity index (χ1n) is 3.06. The van der Waals surface area contributed by atoms with E-state index in [1.807, 2.05) is 6.92 Å². The van der Waals surface area contributed by atoms with E-state index in [2.05, 4.69) is 5.10 Å². The lowest BCUT2D eigenvalue weighted by molar-refractivity contribution is 0.111. The van der Waals surface area contributed by atoms with Crippen molar-refractivity contribution in [3.05, 3.63) is 11.9 Å². The molecule has 0 aliphatic heterocycles. The molecule has 0 saturated carbocycles. The van der Waals surface area contributed by atoms with Crippen LogP contribution in [-0.4, -0.2) is 16.1 Å². The summed E-state index contributed by atoms with van der Waals surface area (Å²) in [6.07, 6.45) is 2.30. The molecule has 0 aromatic carbocycles. The van der Waals surface area contributed by atoms with Gasteiger partial charge in [-0.2, -0.15) is 5.10 Å². The molecule has 10 heavy (non-hydrogen) atoms. The highest BCUT2D eigenvalue weighted by Gasteiger charge is 2.01.